The smallest absolute Gasteiger partial charge is 0.223 e. The van der Waals surface area contributed by atoms with Crippen LogP contribution in [-0.4, -0.2) is 84.2 Å². The molecule has 5 heteroatoms. The molecule has 21 heavy (non-hydrogen) atoms. The van der Waals surface area contributed by atoms with E-state index < -0.39 is 5.60 Å². The van der Waals surface area contributed by atoms with Crippen LogP contribution in [0.4, 0.5) is 0 Å². The molecule has 0 aliphatic carbocycles. The number of β-amino-alcohol motifs (C(OH)–C–C–N with tert-alkyl or cyclic N) is 1. The molecule has 0 saturated carbocycles. The van der Waals surface area contributed by atoms with Gasteiger partial charge in [0.05, 0.1) is 5.60 Å². The zero-order valence-electron chi connectivity index (χ0n) is 14.1. The van der Waals surface area contributed by atoms with Crippen molar-refractivity contribution in [3.8, 4) is 0 Å². The molecule has 0 aromatic rings. The average molecular weight is 297 g/mol. The molecule has 2 saturated heterocycles. The van der Waals surface area contributed by atoms with Gasteiger partial charge in [-0.1, -0.05) is 13.8 Å². The summed E-state index contributed by atoms with van der Waals surface area (Å²) in [5.41, 5.74) is -1.01. The van der Waals surface area contributed by atoms with Crippen LogP contribution in [0.2, 0.25) is 0 Å². The second kappa shape index (κ2) is 6.23. The SMILES string of the molecule is CN1CCCN(CCC(=O)N2CC(C)(C)[C@@](C)(O)C2)CC1. The minimum atomic E-state index is -0.784. The van der Waals surface area contributed by atoms with Crippen molar-refractivity contribution in [3.63, 3.8) is 0 Å². The summed E-state index contributed by atoms with van der Waals surface area (Å²) in [6.45, 7) is 12.2. The van der Waals surface area contributed by atoms with Crippen LogP contribution in [-0.2, 0) is 4.79 Å². The summed E-state index contributed by atoms with van der Waals surface area (Å²) in [5, 5.41) is 10.4. The fraction of sp³-hybridized carbons (Fsp3) is 0.938. The van der Waals surface area contributed by atoms with E-state index in [9.17, 15) is 9.90 Å². The van der Waals surface area contributed by atoms with Gasteiger partial charge < -0.3 is 19.8 Å². The number of aliphatic hydroxyl groups is 1. The summed E-state index contributed by atoms with van der Waals surface area (Å²) >= 11 is 0. The molecule has 2 heterocycles. The number of likely N-dealkylation sites (N-methyl/N-ethyl adjacent to an activating group) is 1. The molecule has 0 spiro atoms. The van der Waals surface area contributed by atoms with Crippen LogP contribution < -0.4 is 0 Å². The van der Waals surface area contributed by atoms with E-state index in [0.717, 1.165) is 32.7 Å². The second-order valence-corrected chi connectivity index (χ2v) is 7.66. The van der Waals surface area contributed by atoms with Gasteiger partial charge in [0.15, 0.2) is 0 Å². The Bertz CT molecular complexity index is 366. The van der Waals surface area contributed by atoms with E-state index >= 15 is 0 Å². The molecule has 0 aromatic carbocycles. The normalized spacial score (nSPS) is 31.4. The Kier molecular flexibility index (Phi) is 4.96. The Morgan fingerprint density at radius 3 is 2.43 bits per heavy atom. The van der Waals surface area contributed by atoms with Crippen LogP contribution in [0.15, 0.2) is 0 Å². The highest BCUT2D eigenvalue weighted by Gasteiger charge is 2.48. The van der Waals surface area contributed by atoms with Gasteiger partial charge in [-0.25, -0.2) is 0 Å². The first kappa shape index (κ1) is 16.7. The maximum absolute atomic E-state index is 12.4. The maximum Gasteiger partial charge on any atom is 0.223 e. The first-order valence-corrected chi connectivity index (χ1v) is 8.12. The van der Waals surface area contributed by atoms with Gasteiger partial charge in [0.25, 0.3) is 0 Å². The highest BCUT2D eigenvalue weighted by atomic mass is 16.3. The molecule has 2 rings (SSSR count). The van der Waals surface area contributed by atoms with Gasteiger partial charge in [-0.3, -0.25) is 4.79 Å². The monoisotopic (exact) mass is 297 g/mol. The van der Waals surface area contributed by atoms with Crippen molar-refractivity contribution in [2.24, 2.45) is 5.41 Å². The topological polar surface area (TPSA) is 47.0 Å². The zero-order valence-corrected chi connectivity index (χ0v) is 14.1. The fourth-order valence-electron chi connectivity index (χ4n) is 3.20. The van der Waals surface area contributed by atoms with Crippen molar-refractivity contribution in [3.05, 3.63) is 0 Å². The number of rotatable bonds is 3. The second-order valence-electron chi connectivity index (χ2n) is 7.66. The van der Waals surface area contributed by atoms with Crippen molar-refractivity contribution in [1.82, 2.24) is 14.7 Å². The lowest BCUT2D eigenvalue weighted by atomic mass is 9.79. The quantitative estimate of drug-likeness (QED) is 0.830. The van der Waals surface area contributed by atoms with Gasteiger partial charge in [-0.15, -0.1) is 0 Å². The molecule has 5 nitrogen and oxygen atoms in total. The number of likely N-dealkylation sites (tertiary alicyclic amines) is 1. The highest BCUT2D eigenvalue weighted by Crippen LogP contribution is 2.38. The number of hydrogen-bond donors (Lipinski definition) is 1. The van der Waals surface area contributed by atoms with Gasteiger partial charge in [-0.2, -0.15) is 0 Å². The van der Waals surface area contributed by atoms with Crippen molar-refractivity contribution in [2.75, 3.05) is 52.9 Å². The van der Waals surface area contributed by atoms with Gasteiger partial charge in [0.1, 0.15) is 0 Å². The highest BCUT2D eigenvalue weighted by molar-refractivity contribution is 5.77. The first-order valence-electron chi connectivity index (χ1n) is 8.12. The van der Waals surface area contributed by atoms with E-state index in [1.165, 1.54) is 6.42 Å². The third-order valence-corrected chi connectivity index (χ3v) is 5.35. The molecule has 0 aromatic heterocycles. The predicted molar refractivity (Wildman–Crippen MR) is 84.2 cm³/mol. The Labute approximate surface area is 128 Å². The number of nitrogens with zero attached hydrogens (tertiary/aromatic N) is 3. The molecular weight excluding hydrogens is 266 g/mol. The van der Waals surface area contributed by atoms with Crippen LogP contribution in [0.1, 0.15) is 33.6 Å². The molecule has 2 aliphatic heterocycles. The van der Waals surface area contributed by atoms with Crippen molar-refractivity contribution in [2.45, 2.75) is 39.2 Å². The molecule has 1 atom stereocenters. The lowest BCUT2D eigenvalue weighted by molar-refractivity contribution is -0.131. The third kappa shape index (κ3) is 3.96. The molecule has 0 unspecified atom stereocenters. The van der Waals surface area contributed by atoms with Gasteiger partial charge in [0, 0.05) is 44.6 Å². The van der Waals surface area contributed by atoms with Gasteiger partial charge in [-0.05, 0) is 33.5 Å². The average Bonchev–Trinajstić information content (AvgIpc) is 2.54. The first-order chi connectivity index (χ1) is 9.71. The lowest BCUT2D eigenvalue weighted by Crippen LogP contribution is -2.40. The largest absolute Gasteiger partial charge is 0.388 e. The number of carbonyl (C=O) groups is 1. The predicted octanol–water partition coefficient (Wildman–Crippen LogP) is 0.633. The summed E-state index contributed by atoms with van der Waals surface area (Å²) in [7, 11) is 2.16. The molecule has 0 bridgehead atoms. The van der Waals surface area contributed by atoms with Crippen LogP contribution in [0, 0.1) is 5.41 Å². The molecule has 2 aliphatic rings. The van der Waals surface area contributed by atoms with Crippen molar-refractivity contribution in [1.29, 1.82) is 0 Å². The standard InChI is InChI=1S/C16H31N3O2/c1-15(2)12-19(13-16(15,3)21)14(20)6-9-18-8-5-7-17(4)10-11-18/h21H,5-13H2,1-4H3/t16-/m0/s1. The minimum Gasteiger partial charge on any atom is -0.388 e. The third-order valence-electron chi connectivity index (χ3n) is 5.35. The fourth-order valence-corrected chi connectivity index (χ4v) is 3.20. The van der Waals surface area contributed by atoms with Crippen LogP contribution in [0.5, 0.6) is 0 Å². The molecule has 2 fully saturated rings. The lowest BCUT2D eigenvalue weighted by Gasteiger charge is -2.30. The molecule has 0 radical (unpaired) electrons. The van der Waals surface area contributed by atoms with Gasteiger partial charge in [0.2, 0.25) is 5.91 Å². The molecule has 122 valence electrons. The van der Waals surface area contributed by atoms with Crippen LogP contribution in [0.25, 0.3) is 0 Å². The molecule has 1 amide bonds. The summed E-state index contributed by atoms with van der Waals surface area (Å²) in [6.07, 6.45) is 1.74. The zero-order chi connectivity index (χ0) is 15.7. The van der Waals surface area contributed by atoms with Crippen LogP contribution in [0.3, 0.4) is 0 Å². The summed E-state index contributed by atoms with van der Waals surface area (Å²) < 4.78 is 0. The van der Waals surface area contributed by atoms with E-state index in [0.29, 0.717) is 19.5 Å². The Morgan fingerprint density at radius 2 is 1.81 bits per heavy atom. The van der Waals surface area contributed by atoms with Gasteiger partial charge >= 0.3 is 0 Å². The van der Waals surface area contributed by atoms with Crippen molar-refractivity contribution < 1.29 is 9.90 Å². The summed E-state index contributed by atoms with van der Waals surface area (Å²) in [4.78, 5) is 19.0. The summed E-state index contributed by atoms with van der Waals surface area (Å²) in [6, 6.07) is 0. The molecular formula is C16H31N3O2. The number of hydrogen-bond acceptors (Lipinski definition) is 4. The van der Waals surface area contributed by atoms with E-state index in [4.69, 9.17) is 0 Å². The molecule has 1 N–H and O–H groups in total. The summed E-state index contributed by atoms with van der Waals surface area (Å²) in [5.74, 6) is 0.179. The van der Waals surface area contributed by atoms with E-state index in [1.807, 2.05) is 25.7 Å². The van der Waals surface area contributed by atoms with E-state index in [1.54, 1.807) is 0 Å². The Hall–Kier alpha value is -0.650. The van der Waals surface area contributed by atoms with Crippen LogP contribution >= 0.6 is 0 Å². The maximum atomic E-state index is 12.4. The number of amides is 1. The number of carbonyl (C=O) groups excluding carboxylic acids is 1. The van der Waals surface area contributed by atoms with E-state index in [-0.39, 0.29) is 11.3 Å². The minimum absolute atomic E-state index is 0.179. The Morgan fingerprint density at radius 1 is 1.10 bits per heavy atom. The Balaban J connectivity index is 1.80. The van der Waals surface area contributed by atoms with Crippen molar-refractivity contribution >= 4 is 5.91 Å². The van der Waals surface area contributed by atoms with E-state index in [2.05, 4.69) is 16.8 Å².